The number of nitrogens with one attached hydrogen (secondary N) is 2. The van der Waals surface area contributed by atoms with E-state index in [1.54, 1.807) is 13.2 Å². The van der Waals surface area contributed by atoms with Crippen molar-refractivity contribution in [1.29, 1.82) is 0 Å². The minimum Gasteiger partial charge on any atom is -0.494 e. The molecule has 28 heavy (non-hydrogen) atoms. The van der Waals surface area contributed by atoms with Gasteiger partial charge in [-0.05, 0) is 43.2 Å². The van der Waals surface area contributed by atoms with Gasteiger partial charge in [-0.25, -0.2) is 4.68 Å². The Morgan fingerprint density at radius 1 is 1.07 bits per heavy atom. The number of aliphatic imine (C=N–C) groups is 1. The Morgan fingerprint density at radius 2 is 1.89 bits per heavy atom. The Bertz CT molecular complexity index is 872. The van der Waals surface area contributed by atoms with Gasteiger partial charge in [-0.2, -0.15) is 5.10 Å². The van der Waals surface area contributed by atoms with E-state index in [0.717, 1.165) is 35.9 Å². The summed E-state index contributed by atoms with van der Waals surface area (Å²) < 4.78 is 7.53. The molecule has 0 spiro atoms. The summed E-state index contributed by atoms with van der Waals surface area (Å²) in [6.45, 7) is 4.11. The van der Waals surface area contributed by atoms with Crippen molar-refractivity contribution in [1.82, 2.24) is 20.4 Å². The number of ether oxygens (including phenoxy) is 1. The van der Waals surface area contributed by atoms with Crippen LogP contribution in [0.3, 0.4) is 0 Å². The average Bonchev–Trinajstić information content (AvgIpc) is 3.27. The molecule has 0 aliphatic heterocycles. The number of rotatable bonds is 8. The van der Waals surface area contributed by atoms with Crippen LogP contribution in [0, 0.1) is 0 Å². The van der Waals surface area contributed by atoms with Gasteiger partial charge in [0.2, 0.25) is 0 Å². The Kier molecular flexibility index (Phi) is 7.07. The fourth-order valence-electron chi connectivity index (χ4n) is 2.91. The number of hydrogen-bond donors (Lipinski definition) is 2. The standard InChI is InChI=1S/C22H27N5O/c1-3-28-21-8-5-4-7-19(21)17-25-22(23-2)24-15-13-18-9-11-20(12-10-18)27-16-6-14-26-27/h4-12,14,16H,3,13,15,17H2,1-2H3,(H2,23,24,25). The summed E-state index contributed by atoms with van der Waals surface area (Å²) in [5.74, 6) is 1.68. The first kappa shape index (κ1) is 19.5. The molecule has 146 valence electrons. The second kappa shape index (κ2) is 10.2. The van der Waals surface area contributed by atoms with Crippen molar-refractivity contribution in [3.05, 3.63) is 78.1 Å². The van der Waals surface area contributed by atoms with Crippen molar-refractivity contribution in [3.8, 4) is 11.4 Å². The Labute approximate surface area is 166 Å². The predicted octanol–water partition coefficient (Wildman–Crippen LogP) is 3.18. The number of benzene rings is 2. The molecule has 6 nitrogen and oxygen atoms in total. The number of hydrogen-bond acceptors (Lipinski definition) is 3. The summed E-state index contributed by atoms with van der Waals surface area (Å²) >= 11 is 0. The highest BCUT2D eigenvalue weighted by Crippen LogP contribution is 2.17. The fourth-order valence-corrected chi connectivity index (χ4v) is 2.91. The van der Waals surface area contributed by atoms with Crippen LogP contribution >= 0.6 is 0 Å². The van der Waals surface area contributed by atoms with Crippen LogP contribution in [0.15, 0.2) is 72.0 Å². The topological polar surface area (TPSA) is 63.5 Å². The van der Waals surface area contributed by atoms with Crippen LogP contribution in [0.1, 0.15) is 18.1 Å². The highest BCUT2D eigenvalue weighted by molar-refractivity contribution is 5.79. The SMILES string of the molecule is CCOc1ccccc1CNC(=NC)NCCc1ccc(-n2cccn2)cc1. The zero-order chi connectivity index (χ0) is 19.6. The van der Waals surface area contributed by atoms with E-state index < -0.39 is 0 Å². The molecule has 0 aliphatic rings. The number of nitrogens with zero attached hydrogens (tertiary/aromatic N) is 3. The first-order chi connectivity index (χ1) is 13.8. The monoisotopic (exact) mass is 377 g/mol. The summed E-state index contributed by atoms with van der Waals surface area (Å²) in [6.07, 6.45) is 4.63. The zero-order valence-corrected chi connectivity index (χ0v) is 16.4. The summed E-state index contributed by atoms with van der Waals surface area (Å²) in [6, 6.07) is 18.4. The van der Waals surface area contributed by atoms with E-state index in [9.17, 15) is 0 Å². The van der Waals surface area contributed by atoms with E-state index in [2.05, 4.69) is 51.1 Å². The fraction of sp³-hybridized carbons (Fsp3) is 0.273. The van der Waals surface area contributed by atoms with Crippen molar-refractivity contribution in [2.24, 2.45) is 4.99 Å². The van der Waals surface area contributed by atoms with Gasteiger partial charge in [0.25, 0.3) is 0 Å². The summed E-state index contributed by atoms with van der Waals surface area (Å²) in [4.78, 5) is 4.30. The largest absolute Gasteiger partial charge is 0.494 e. The third-order valence-corrected chi connectivity index (χ3v) is 4.35. The lowest BCUT2D eigenvalue weighted by atomic mass is 10.1. The molecule has 0 saturated heterocycles. The molecule has 2 aromatic carbocycles. The Morgan fingerprint density at radius 3 is 2.61 bits per heavy atom. The first-order valence-electron chi connectivity index (χ1n) is 9.54. The van der Waals surface area contributed by atoms with E-state index in [0.29, 0.717) is 13.2 Å². The molecule has 0 bridgehead atoms. The molecule has 3 rings (SSSR count). The molecule has 6 heteroatoms. The van der Waals surface area contributed by atoms with Gasteiger partial charge < -0.3 is 15.4 Å². The Hall–Kier alpha value is -3.28. The van der Waals surface area contributed by atoms with E-state index in [4.69, 9.17) is 4.74 Å². The lowest BCUT2D eigenvalue weighted by Crippen LogP contribution is -2.37. The number of para-hydroxylation sites is 1. The van der Waals surface area contributed by atoms with Gasteiger partial charge in [0, 0.05) is 38.1 Å². The quantitative estimate of drug-likeness (QED) is 0.467. The molecule has 1 aromatic heterocycles. The number of aromatic nitrogens is 2. The van der Waals surface area contributed by atoms with Crippen molar-refractivity contribution in [2.75, 3.05) is 20.2 Å². The minimum atomic E-state index is 0.656. The van der Waals surface area contributed by atoms with Crippen LogP contribution in [0.4, 0.5) is 0 Å². The lowest BCUT2D eigenvalue weighted by molar-refractivity contribution is 0.336. The van der Waals surface area contributed by atoms with E-state index in [1.165, 1.54) is 5.56 Å². The minimum absolute atomic E-state index is 0.656. The van der Waals surface area contributed by atoms with Crippen LogP contribution < -0.4 is 15.4 Å². The van der Waals surface area contributed by atoms with E-state index in [1.807, 2.05) is 42.1 Å². The molecular weight excluding hydrogens is 350 g/mol. The first-order valence-corrected chi connectivity index (χ1v) is 9.54. The van der Waals surface area contributed by atoms with Gasteiger partial charge in [-0.3, -0.25) is 4.99 Å². The van der Waals surface area contributed by atoms with Crippen molar-refractivity contribution < 1.29 is 4.74 Å². The predicted molar refractivity (Wildman–Crippen MR) is 113 cm³/mol. The van der Waals surface area contributed by atoms with Crippen LogP contribution in [-0.2, 0) is 13.0 Å². The second-order valence-electron chi connectivity index (χ2n) is 6.26. The van der Waals surface area contributed by atoms with Crippen LogP contribution in [-0.4, -0.2) is 35.9 Å². The molecule has 0 fully saturated rings. The maximum absolute atomic E-state index is 5.67. The van der Waals surface area contributed by atoms with Crippen molar-refractivity contribution in [2.45, 2.75) is 19.9 Å². The molecule has 0 amide bonds. The van der Waals surface area contributed by atoms with Gasteiger partial charge in [-0.15, -0.1) is 0 Å². The number of guanidine groups is 1. The van der Waals surface area contributed by atoms with Gasteiger partial charge >= 0.3 is 0 Å². The zero-order valence-electron chi connectivity index (χ0n) is 16.4. The molecule has 0 atom stereocenters. The van der Waals surface area contributed by atoms with Crippen molar-refractivity contribution >= 4 is 5.96 Å². The highest BCUT2D eigenvalue weighted by Gasteiger charge is 2.04. The smallest absolute Gasteiger partial charge is 0.191 e. The molecule has 0 aliphatic carbocycles. The van der Waals surface area contributed by atoms with Gasteiger partial charge in [0.05, 0.1) is 12.3 Å². The van der Waals surface area contributed by atoms with Crippen LogP contribution in [0.25, 0.3) is 5.69 Å². The normalized spacial score (nSPS) is 11.3. The summed E-state index contributed by atoms with van der Waals surface area (Å²) in [7, 11) is 1.78. The van der Waals surface area contributed by atoms with Gasteiger partial charge in [0.15, 0.2) is 5.96 Å². The lowest BCUT2D eigenvalue weighted by Gasteiger charge is -2.14. The molecule has 0 unspecified atom stereocenters. The van der Waals surface area contributed by atoms with E-state index >= 15 is 0 Å². The maximum atomic E-state index is 5.67. The second-order valence-corrected chi connectivity index (χ2v) is 6.26. The molecule has 0 radical (unpaired) electrons. The third-order valence-electron chi connectivity index (χ3n) is 4.35. The molecular formula is C22H27N5O. The molecule has 2 N–H and O–H groups in total. The average molecular weight is 377 g/mol. The Balaban J connectivity index is 1.47. The van der Waals surface area contributed by atoms with E-state index in [-0.39, 0.29) is 0 Å². The molecule has 3 aromatic rings. The van der Waals surface area contributed by atoms with Crippen LogP contribution in [0.5, 0.6) is 5.75 Å². The molecule has 0 saturated carbocycles. The summed E-state index contributed by atoms with van der Waals surface area (Å²) in [5, 5.41) is 11.0. The molecule has 1 heterocycles. The highest BCUT2D eigenvalue weighted by atomic mass is 16.5. The van der Waals surface area contributed by atoms with Gasteiger partial charge in [0.1, 0.15) is 5.75 Å². The third kappa shape index (κ3) is 5.36. The maximum Gasteiger partial charge on any atom is 0.191 e. The van der Waals surface area contributed by atoms with Crippen molar-refractivity contribution in [3.63, 3.8) is 0 Å². The van der Waals surface area contributed by atoms with Gasteiger partial charge in [-0.1, -0.05) is 30.3 Å². The van der Waals surface area contributed by atoms with Crippen LogP contribution in [0.2, 0.25) is 0 Å². The summed E-state index contributed by atoms with van der Waals surface area (Å²) in [5.41, 5.74) is 3.44.